The van der Waals surface area contributed by atoms with E-state index in [0.717, 1.165) is 12.8 Å². The summed E-state index contributed by atoms with van der Waals surface area (Å²) in [5.74, 6) is 0.926. The molecule has 1 aliphatic rings. The molecule has 1 fully saturated rings. The lowest BCUT2D eigenvalue weighted by molar-refractivity contribution is 0.0667. The molecule has 3 rings (SSSR count). The van der Waals surface area contributed by atoms with Crippen LogP contribution < -0.4 is 14.8 Å². The lowest BCUT2D eigenvalue weighted by Gasteiger charge is -2.32. The number of likely N-dealkylation sites (tertiary alicyclic amines) is 1. The van der Waals surface area contributed by atoms with E-state index in [9.17, 15) is 9.59 Å². The van der Waals surface area contributed by atoms with Gasteiger partial charge in [0.05, 0.1) is 24.5 Å². The van der Waals surface area contributed by atoms with E-state index in [4.69, 9.17) is 25.5 Å². The van der Waals surface area contributed by atoms with E-state index in [1.54, 1.807) is 29.2 Å². The van der Waals surface area contributed by atoms with Crippen LogP contribution in [-0.2, 0) is 0 Å². The SMILES string of the molecule is CCCCOc1c(Cl)cc(C(=O)NC2CCN(C(=O)c3ccco3)CC2)cc1OCC. The molecule has 31 heavy (non-hydrogen) atoms. The van der Waals surface area contributed by atoms with E-state index in [-0.39, 0.29) is 17.9 Å². The number of unbranched alkanes of at least 4 members (excludes halogenated alkanes) is 1. The Hall–Kier alpha value is -2.67. The van der Waals surface area contributed by atoms with Gasteiger partial charge in [-0.3, -0.25) is 9.59 Å². The minimum absolute atomic E-state index is 0.0250. The molecule has 0 radical (unpaired) electrons. The molecule has 1 aromatic heterocycles. The van der Waals surface area contributed by atoms with Gasteiger partial charge in [-0.25, -0.2) is 0 Å². The first-order valence-corrected chi connectivity index (χ1v) is 11.1. The fraction of sp³-hybridized carbons (Fsp3) is 0.478. The Labute approximate surface area is 187 Å². The van der Waals surface area contributed by atoms with Gasteiger partial charge in [0, 0.05) is 24.7 Å². The van der Waals surface area contributed by atoms with Crippen LogP contribution in [0.3, 0.4) is 0 Å². The van der Waals surface area contributed by atoms with E-state index >= 15 is 0 Å². The van der Waals surface area contributed by atoms with E-state index in [1.807, 2.05) is 6.92 Å². The van der Waals surface area contributed by atoms with Gasteiger partial charge in [0.1, 0.15) is 0 Å². The number of carbonyl (C=O) groups is 2. The molecule has 0 saturated carbocycles. The third kappa shape index (κ3) is 5.94. The number of hydrogen-bond donors (Lipinski definition) is 1. The number of amides is 2. The van der Waals surface area contributed by atoms with Crippen molar-refractivity contribution < 1.29 is 23.5 Å². The Kier molecular flexibility index (Phi) is 8.23. The van der Waals surface area contributed by atoms with Crippen LogP contribution in [0, 0.1) is 0 Å². The summed E-state index contributed by atoms with van der Waals surface area (Å²) >= 11 is 6.40. The maximum absolute atomic E-state index is 12.8. The molecule has 1 aromatic carbocycles. The quantitative estimate of drug-likeness (QED) is 0.569. The van der Waals surface area contributed by atoms with E-state index in [2.05, 4.69) is 12.2 Å². The number of nitrogens with zero attached hydrogens (tertiary/aromatic N) is 1. The topological polar surface area (TPSA) is 81.0 Å². The number of furan rings is 1. The van der Waals surface area contributed by atoms with Gasteiger partial charge in [0.25, 0.3) is 11.8 Å². The van der Waals surface area contributed by atoms with Crippen molar-refractivity contribution in [1.29, 1.82) is 0 Å². The standard InChI is InChI=1S/C23H29ClN2O5/c1-3-5-12-31-21-18(24)14-16(15-20(21)29-4-2)22(27)25-17-8-10-26(11-9-17)23(28)19-7-6-13-30-19/h6-7,13-15,17H,3-5,8-12H2,1-2H3,(H,25,27). The second-order valence-electron chi connectivity index (χ2n) is 7.44. The van der Waals surface area contributed by atoms with E-state index in [1.165, 1.54) is 6.26 Å². The van der Waals surface area contributed by atoms with Crippen LogP contribution in [0.4, 0.5) is 0 Å². The van der Waals surface area contributed by atoms with Gasteiger partial charge in [-0.1, -0.05) is 24.9 Å². The zero-order valence-electron chi connectivity index (χ0n) is 18.0. The molecule has 0 unspecified atom stereocenters. The Balaban J connectivity index is 1.60. The van der Waals surface area contributed by atoms with Gasteiger partial charge in [-0.15, -0.1) is 0 Å². The summed E-state index contributed by atoms with van der Waals surface area (Å²) in [6, 6.07) is 6.61. The van der Waals surface area contributed by atoms with Crippen LogP contribution in [-0.4, -0.2) is 49.1 Å². The highest BCUT2D eigenvalue weighted by Gasteiger charge is 2.26. The zero-order chi connectivity index (χ0) is 22.2. The van der Waals surface area contributed by atoms with Gasteiger partial charge in [-0.2, -0.15) is 0 Å². The summed E-state index contributed by atoms with van der Waals surface area (Å²) < 4.78 is 16.6. The van der Waals surface area contributed by atoms with Gasteiger partial charge >= 0.3 is 0 Å². The van der Waals surface area contributed by atoms with Crippen LogP contribution in [0.1, 0.15) is 60.4 Å². The molecule has 1 saturated heterocycles. The van der Waals surface area contributed by atoms with Crippen molar-refractivity contribution >= 4 is 23.4 Å². The normalized spacial score (nSPS) is 14.4. The first-order chi connectivity index (χ1) is 15.0. The Morgan fingerprint density at radius 3 is 2.65 bits per heavy atom. The molecular formula is C23H29ClN2O5. The summed E-state index contributed by atoms with van der Waals surface area (Å²) in [6.45, 7) is 6.04. The minimum Gasteiger partial charge on any atom is -0.490 e. The van der Waals surface area contributed by atoms with Crippen molar-refractivity contribution in [3.63, 3.8) is 0 Å². The molecule has 0 spiro atoms. The lowest BCUT2D eigenvalue weighted by atomic mass is 10.0. The summed E-state index contributed by atoms with van der Waals surface area (Å²) in [5.41, 5.74) is 0.422. The third-order valence-corrected chi connectivity index (χ3v) is 5.45. The van der Waals surface area contributed by atoms with E-state index in [0.29, 0.717) is 67.0 Å². The van der Waals surface area contributed by atoms with Gasteiger partial charge in [-0.05, 0) is 50.5 Å². The smallest absolute Gasteiger partial charge is 0.289 e. The molecule has 2 aromatic rings. The second kappa shape index (κ2) is 11.1. The number of piperidine rings is 1. The number of rotatable bonds is 9. The molecule has 1 aliphatic heterocycles. The first-order valence-electron chi connectivity index (χ1n) is 10.8. The van der Waals surface area contributed by atoms with Crippen molar-refractivity contribution in [3.8, 4) is 11.5 Å². The molecule has 0 bridgehead atoms. The molecule has 168 valence electrons. The summed E-state index contributed by atoms with van der Waals surface area (Å²) in [6.07, 6.45) is 4.74. The number of hydrogen-bond acceptors (Lipinski definition) is 5. The molecular weight excluding hydrogens is 420 g/mol. The zero-order valence-corrected chi connectivity index (χ0v) is 18.7. The molecule has 1 N–H and O–H groups in total. The summed E-state index contributed by atoms with van der Waals surface area (Å²) in [7, 11) is 0. The monoisotopic (exact) mass is 448 g/mol. The van der Waals surface area contributed by atoms with Crippen molar-refractivity contribution in [1.82, 2.24) is 10.2 Å². The molecule has 8 heteroatoms. The number of carbonyl (C=O) groups excluding carboxylic acids is 2. The summed E-state index contributed by atoms with van der Waals surface area (Å²) in [5, 5.41) is 3.40. The average Bonchev–Trinajstić information content (AvgIpc) is 3.30. The minimum atomic E-state index is -0.223. The Morgan fingerprint density at radius 1 is 1.23 bits per heavy atom. The van der Waals surface area contributed by atoms with Crippen molar-refractivity contribution in [3.05, 3.63) is 46.9 Å². The number of benzene rings is 1. The largest absolute Gasteiger partial charge is 0.490 e. The predicted octanol–water partition coefficient (Wildman–Crippen LogP) is 4.55. The maximum Gasteiger partial charge on any atom is 0.289 e. The third-order valence-electron chi connectivity index (χ3n) is 5.17. The number of nitrogens with one attached hydrogen (secondary N) is 1. The lowest BCUT2D eigenvalue weighted by Crippen LogP contribution is -2.46. The number of ether oxygens (including phenoxy) is 2. The average molecular weight is 449 g/mol. The van der Waals surface area contributed by atoms with Crippen LogP contribution >= 0.6 is 11.6 Å². The Morgan fingerprint density at radius 2 is 2.00 bits per heavy atom. The molecule has 0 atom stereocenters. The predicted molar refractivity (Wildman–Crippen MR) is 118 cm³/mol. The Bertz CT molecular complexity index is 876. The van der Waals surface area contributed by atoms with Gasteiger partial charge in [0.2, 0.25) is 0 Å². The first kappa shape index (κ1) is 23.0. The molecule has 2 heterocycles. The number of halogens is 1. The molecule has 2 amide bonds. The fourth-order valence-electron chi connectivity index (χ4n) is 3.47. The fourth-order valence-corrected chi connectivity index (χ4v) is 3.74. The highest BCUT2D eigenvalue weighted by Crippen LogP contribution is 2.37. The van der Waals surface area contributed by atoms with Crippen molar-refractivity contribution in [2.45, 2.75) is 45.6 Å². The van der Waals surface area contributed by atoms with Crippen molar-refractivity contribution in [2.75, 3.05) is 26.3 Å². The molecule has 7 nitrogen and oxygen atoms in total. The molecule has 0 aliphatic carbocycles. The van der Waals surface area contributed by atoms with Gasteiger partial charge in [0.15, 0.2) is 17.3 Å². The second-order valence-corrected chi connectivity index (χ2v) is 7.84. The maximum atomic E-state index is 12.8. The van der Waals surface area contributed by atoms with Gasteiger partial charge < -0.3 is 24.1 Å². The van der Waals surface area contributed by atoms with Crippen LogP contribution in [0.15, 0.2) is 34.9 Å². The van der Waals surface area contributed by atoms with Crippen LogP contribution in [0.25, 0.3) is 0 Å². The van der Waals surface area contributed by atoms with Crippen molar-refractivity contribution in [2.24, 2.45) is 0 Å². The summed E-state index contributed by atoms with van der Waals surface area (Å²) in [4.78, 5) is 27.0. The van der Waals surface area contributed by atoms with Crippen LogP contribution in [0.2, 0.25) is 5.02 Å². The van der Waals surface area contributed by atoms with Crippen LogP contribution in [0.5, 0.6) is 11.5 Å². The highest BCUT2D eigenvalue weighted by molar-refractivity contribution is 6.32. The highest BCUT2D eigenvalue weighted by atomic mass is 35.5. The van der Waals surface area contributed by atoms with E-state index < -0.39 is 0 Å².